The molecule has 18 heavy (non-hydrogen) atoms. The maximum Gasteiger partial charge on any atom is 0.125 e. The topological polar surface area (TPSA) is 41.5 Å². The van der Waals surface area contributed by atoms with Gasteiger partial charge in [0.2, 0.25) is 0 Å². The van der Waals surface area contributed by atoms with Crippen LogP contribution in [0.1, 0.15) is 32.3 Å². The van der Waals surface area contributed by atoms with Crippen molar-refractivity contribution in [3.05, 3.63) is 28.8 Å². The number of hydrogen-bond acceptors (Lipinski definition) is 3. The highest BCUT2D eigenvalue weighted by Crippen LogP contribution is 2.26. The van der Waals surface area contributed by atoms with Gasteiger partial charge in [0.1, 0.15) is 5.75 Å². The fraction of sp³-hybridized carbons (Fsp3) is 0.571. The molecule has 0 amide bonds. The lowest BCUT2D eigenvalue weighted by molar-refractivity contribution is 0.155. The molecule has 0 aliphatic carbocycles. The second-order valence-corrected chi connectivity index (χ2v) is 4.79. The van der Waals surface area contributed by atoms with Crippen LogP contribution >= 0.6 is 11.6 Å². The summed E-state index contributed by atoms with van der Waals surface area (Å²) in [7, 11) is 0. The summed E-state index contributed by atoms with van der Waals surface area (Å²) in [5, 5.41) is 13.2. The molecule has 0 aliphatic rings. The van der Waals surface area contributed by atoms with Crippen LogP contribution in [0.4, 0.5) is 0 Å². The SMILES string of the molecule is CCCNCc1c(Cl)cccc1OCCC(C)O. The maximum atomic E-state index is 9.21. The molecule has 1 aromatic rings. The van der Waals surface area contributed by atoms with Gasteiger partial charge in [0.25, 0.3) is 0 Å². The van der Waals surface area contributed by atoms with E-state index in [9.17, 15) is 5.11 Å². The van der Waals surface area contributed by atoms with Gasteiger partial charge in [-0.2, -0.15) is 0 Å². The van der Waals surface area contributed by atoms with Crippen molar-refractivity contribution in [1.82, 2.24) is 5.32 Å². The molecule has 0 aromatic heterocycles. The Bertz CT molecular complexity index is 356. The lowest BCUT2D eigenvalue weighted by atomic mass is 10.2. The molecule has 1 atom stereocenters. The van der Waals surface area contributed by atoms with Crippen molar-refractivity contribution < 1.29 is 9.84 Å². The third kappa shape index (κ3) is 5.25. The molecular weight excluding hydrogens is 250 g/mol. The minimum absolute atomic E-state index is 0.342. The molecule has 2 N–H and O–H groups in total. The van der Waals surface area contributed by atoms with E-state index in [4.69, 9.17) is 16.3 Å². The van der Waals surface area contributed by atoms with Crippen LogP contribution in [0, 0.1) is 0 Å². The van der Waals surface area contributed by atoms with Gasteiger partial charge in [-0.3, -0.25) is 0 Å². The number of hydrogen-bond donors (Lipinski definition) is 2. The Hall–Kier alpha value is -0.770. The van der Waals surface area contributed by atoms with E-state index in [1.807, 2.05) is 18.2 Å². The second kappa shape index (κ2) is 8.35. The highest BCUT2D eigenvalue weighted by atomic mass is 35.5. The zero-order valence-electron chi connectivity index (χ0n) is 11.1. The van der Waals surface area contributed by atoms with E-state index in [1.54, 1.807) is 6.92 Å². The molecule has 0 saturated carbocycles. The molecule has 3 nitrogen and oxygen atoms in total. The molecule has 102 valence electrons. The fourth-order valence-electron chi connectivity index (χ4n) is 1.58. The van der Waals surface area contributed by atoms with Crippen LogP contribution in [-0.4, -0.2) is 24.4 Å². The molecule has 0 spiro atoms. The van der Waals surface area contributed by atoms with Crippen molar-refractivity contribution in [2.24, 2.45) is 0 Å². The normalized spacial score (nSPS) is 12.4. The summed E-state index contributed by atoms with van der Waals surface area (Å²) in [5.74, 6) is 0.798. The van der Waals surface area contributed by atoms with Gasteiger partial charge >= 0.3 is 0 Å². The van der Waals surface area contributed by atoms with Crippen LogP contribution in [0.2, 0.25) is 5.02 Å². The Kier molecular flexibility index (Phi) is 7.09. The third-order valence-corrected chi connectivity index (χ3v) is 2.95. The molecular formula is C14H22ClNO2. The number of aliphatic hydroxyl groups excluding tert-OH is 1. The average Bonchev–Trinajstić information content (AvgIpc) is 2.32. The molecule has 0 bridgehead atoms. The predicted octanol–water partition coefficient (Wildman–Crippen LogP) is 2.99. The van der Waals surface area contributed by atoms with Gasteiger partial charge in [-0.05, 0) is 32.0 Å². The van der Waals surface area contributed by atoms with Gasteiger partial charge in [0, 0.05) is 23.6 Å². The maximum absolute atomic E-state index is 9.21. The number of nitrogens with one attached hydrogen (secondary N) is 1. The summed E-state index contributed by atoms with van der Waals surface area (Å²) in [5.41, 5.74) is 0.984. The van der Waals surface area contributed by atoms with Gasteiger partial charge in [-0.25, -0.2) is 0 Å². The van der Waals surface area contributed by atoms with E-state index >= 15 is 0 Å². The van der Waals surface area contributed by atoms with Gasteiger partial charge in [0.05, 0.1) is 12.7 Å². The first kappa shape index (κ1) is 15.3. The average molecular weight is 272 g/mol. The molecule has 0 radical (unpaired) electrons. The molecule has 0 saturated heterocycles. The Balaban J connectivity index is 2.61. The zero-order valence-corrected chi connectivity index (χ0v) is 11.8. The molecule has 1 unspecified atom stereocenters. The summed E-state index contributed by atoms with van der Waals surface area (Å²) in [6, 6.07) is 5.66. The highest BCUT2D eigenvalue weighted by Gasteiger charge is 2.08. The van der Waals surface area contributed by atoms with E-state index in [2.05, 4.69) is 12.2 Å². The number of halogens is 1. The summed E-state index contributed by atoms with van der Waals surface area (Å²) >= 11 is 6.18. The number of aliphatic hydroxyl groups is 1. The van der Waals surface area contributed by atoms with Crippen LogP contribution in [-0.2, 0) is 6.54 Å². The zero-order chi connectivity index (χ0) is 13.4. The quantitative estimate of drug-likeness (QED) is 0.714. The molecule has 0 aliphatic heterocycles. The highest BCUT2D eigenvalue weighted by molar-refractivity contribution is 6.31. The first-order chi connectivity index (χ1) is 8.65. The summed E-state index contributed by atoms with van der Waals surface area (Å²) in [6.45, 7) is 6.04. The lowest BCUT2D eigenvalue weighted by Gasteiger charge is -2.14. The Morgan fingerprint density at radius 3 is 2.89 bits per heavy atom. The van der Waals surface area contributed by atoms with Crippen LogP contribution in [0.5, 0.6) is 5.75 Å². The van der Waals surface area contributed by atoms with Gasteiger partial charge < -0.3 is 15.2 Å². The van der Waals surface area contributed by atoms with Crippen LogP contribution < -0.4 is 10.1 Å². The third-order valence-electron chi connectivity index (χ3n) is 2.60. The van der Waals surface area contributed by atoms with Crippen molar-refractivity contribution in [1.29, 1.82) is 0 Å². The fourth-order valence-corrected chi connectivity index (χ4v) is 1.81. The first-order valence-electron chi connectivity index (χ1n) is 6.44. The van der Waals surface area contributed by atoms with E-state index in [0.29, 0.717) is 24.6 Å². The van der Waals surface area contributed by atoms with E-state index in [0.717, 1.165) is 24.3 Å². The van der Waals surface area contributed by atoms with Crippen molar-refractivity contribution in [3.63, 3.8) is 0 Å². The molecule has 1 rings (SSSR count). The van der Waals surface area contributed by atoms with E-state index in [1.165, 1.54) is 0 Å². The van der Waals surface area contributed by atoms with Crippen LogP contribution in [0.3, 0.4) is 0 Å². The number of ether oxygens (including phenoxy) is 1. The molecule has 4 heteroatoms. The second-order valence-electron chi connectivity index (χ2n) is 4.38. The van der Waals surface area contributed by atoms with E-state index in [-0.39, 0.29) is 6.10 Å². The summed E-state index contributed by atoms with van der Waals surface area (Å²) in [6.07, 6.45) is 1.36. The van der Waals surface area contributed by atoms with Crippen molar-refractivity contribution in [2.75, 3.05) is 13.2 Å². The Morgan fingerprint density at radius 2 is 2.22 bits per heavy atom. The molecule has 0 heterocycles. The van der Waals surface area contributed by atoms with Crippen molar-refractivity contribution in [2.45, 2.75) is 39.3 Å². The Labute approximate surface area is 114 Å². The van der Waals surface area contributed by atoms with E-state index < -0.39 is 0 Å². The standard InChI is InChI=1S/C14H22ClNO2/c1-3-8-16-10-12-13(15)5-4-6-14(12)18-9-7-11(2)17/h4-6,11,16-17H,3,7-10H2,1-2H3. The van der Waals surface area contributed by atoms with Crippen molar-refractivity contribution >= 4 is 11.6 Å². The molecule has 1 aromatic carbocycles. The minimum Gasteiger partial charge on any atom is -0.493 e. The summed E-state index contributed by atoms with van der Waals surface area (Å²) in [4.78, 5) is 0. The van der Waals surface area contributed by atoms with Crippen LogP contribution in [0.25, 0.3) is 0 Å². The van der Waals surface area contributed by atoms with Gasteiger partial charge in [-0.1, -0.05) is 24.6 Å². The van der Waals surface area contributed by atoms with Crippen molar-refractivity contribution in [3.8, 4) is 5.75 Å². The minimum atomic E-state index is -0.342. The summed E-state index contributed by atoms with van der Waals surface area (Å²) < 4.78 is 5.68. The van der Waals surface area contributed by atoms with Gasteiger partial charge in [0.15, 0.2) is 0 Å². The monoisotopic (exact) mass is 271 g/mol. The predicted molar refractivity (Wildman–Crippen MR) is 75.2 cm³/mol. The smallest absolute Gasteiger partial charge is 0.125 e. The van der Waals surface area contributed by atoms with Crippen LogP contribution in [0.15, 0.2) is 18.2 Å². The largest absolute Gasteiger partial charge is 0.493 e. The Morgan fingerprint density at radius 1 is 1.44 bits per heavy atom. The lowest BCUT2D eigenvalue weighted by Crippen LogP contribution is -2.15. The number of benzene rings is 1. The first-order valence-corrected chi connectivity index (χ1v) is 6.82. The molecule has 0 fully saturated rings. The number of rotatable bonds is 8. The van der Waals surface area contributed by atoms with Gasteiger partial charge in [-0.15, -0.1) is 0 Å².